The summed E-state index contributed by atoms with van der Waals surface area (Å²) < 4.78 is 7.11. The zero-order valence-corrected chi connectivity index (χ0v) is 18.6. The fourth-order valence-corrected chi connectivity index (χ4v) is 3.29. The van der Waals surface area contributed by atoms with Gasteiger partial charge in [0.1, 0.15) is 11.4 Å². The molecule has 1 aromatic heterocycles. The number of nitrogens with one attached hydrogen (secondary N) is 2. The van der Waals surface area contributed by atoms with E-state index >= 15 is 0 Å². The van der Waals surface area contributed by atoms with Gasteiger partial charge >= 0.3 is 0 Å². The average molecular weight is 442 g/mol. The number of para-hydroxylation sites is 1. The van der Waals surface area contributed by atoms with Crippen LogP contribution in [0.4, 0.5) is 5.69 Å². The maximum Gasteiger partial charge on any atom is 0.191 e. The van der Waals surface area contributed by atoms with Crippen LogP contribution in [0.1, 0.15) is 11.1 Å². The molecule has 0 spiro atoms. The predicted octanol–water partition coefficient (Wildman–Crippen LogP) is 5.18. The molecule has 7 heteroatoms. The molecule has 32 heavy (non-hydrogen) atoms. The van der Waals surface area contributed by atoms with Gasteiger partial charge in [-0.1, -0.05) is 35.9 Å². The number of benzene rings is 3. The lowest BCUT2D eigenvalue weighted by atomic mass is 10.1. The average Bonchev–Trinajstić information content (AvgIpc) is 3.25. The van der Waals surface area contributed by atoms with Gasteiger partial charge in [-0.15, -0.1) is 0 Å². The number of ether oxygens (including phenoxy) is 1. The quantitative estimate of drug-likeness (QED) is 0.245. The van der Waals surface area contributed by atoms with Crippen LogP contribution in [0.2, 0.25) is 0 Å². The number of hydrogen-bond donors (Lipinski definition) is 2. The topological polar surface area (TPSA) is 63.5 Å². The Kier molecular flexibility index (Phi) is 6.57. The van der Waals surface area contributed by atoms with E-state index in [-0.39, 0.29) is 0 Å². The van der Waals surface area contributed by atoms with Gasteiger partial charge in [-0.3, -0.25) is 5.43 Å². The van der Waals surface area contributed by atoms with E-state index in [0.29, 0.717) is 5.11 Å². The molecule has 0 radical (unpaired) electrons. The Morgan fingerprint density at radius 1 is 1.00 bits per heavy atom. The van der Waals surface area contributed by atoms with E-state index < -0.39 is 0 Å². The molecule has 0 aliphatic rings. The molecule has 0 bridgehead atoms. The molecule has 4 aromatic rings. The first-order chi connectivity index (χ1) is 15.6. The van der Waals surface area contributed by atoms with Gasteiger partial charge in [-0.2, -0.15) is 10.2 Å². The van der Waals surface area contributed by atoms with Crippen molar-refractivity contribution in [2.75, 3.05) is 12.4 Å². The highest BCUT2D eigenvalue weighted by molar-refractivity contribution is 7.80. The number of hydrogen-bond acceptors (Lipinski definition) is 4. The third-order valence-corrected chi connectivity index (χ3v) is 5.00. The summed E-state index contributed by atoms with van der Waals surface area (Å²) in [4.78, 5) is 0. The highest BCUT2D eigenvalue weighted by Gasteiger charge is 2.11. The molecule has 0 fully saturated rings. The first kappa shape index (κ1) is 21.3. The molecule has 160 valence electrons. The van der Waals surface area contributed by atoms with Crippen LogP contribution in [-0.4, -0.2) is 28.2 Å². The van der Waals surface area contributed by atoms with Crippen molar-refractivity contribution >= 4 is 29.2 Å². The summed E-state index contributed by atoms with van der Waals surface area (Å²) in [6.45, 7) is 2.04. The maximum absolute atomic E-state index is 5.35. The van der Waals surface area contributed by atoms with Crippen molar-refractivity contribution in [1.29, 1.82) is 0 Å². The minimum absolute atomic E-state index is 0.409. The van der Waals surface area contributed by atoms with Crippen LogP contribution in [0, 0.1) is 6.92 Å². The molecule has 4 rings (SSSR count). The molecule has 1 heterocycles. The molecule has 0 amide bonds. The zero-order chi connectivity index (χ0) is 22.3. The van der Waals surface area contributed by atoms with E-state index in [0.717, 1.165) is 33.9 Å². The van der Waals surface area contributed by atoms with Gasteiger partial charge in [0.25, 0.3) is 0 Å². The molecule has 3 aromatic carbocycles. The summed E-state index contributed by atoms with van der Waals surface area (Å²) >= 11 is 5.35. The summed E-state index contributed by atoms with van der Waals surface area (Å²) in [5, 5.41) is 12.6. The normalized spacial score (nSPS) is 10.8. The minimum atomic E-state index is 0.409. The van der Waals surface area contributed by atoms with Crippen LogP contribution in [0.15, 0.2) is 90.2 Å². The number of thiocarbonyl (C=S) groups is 1. The lowest BCUT2D eigenvalue weighted by molar-refractivity contribution is 0.415. The first-order valence-corrected chi connectivity index (χ1v) is 10.5. The molecule has 0 saturated heterocycles. The number of methoxy groups -OCH3 is 1. The smallest absolute Gasteiger partial charge is 0.191 e. The second kappa shape index (κ2) is 9.89. The summed E-state index contributed by atoms with van der Waals surface area (Å²) in [5.41, 5.74) is 8.55. The molecular formula is C25H23N5OS. The molecule has 0 atom stereocenters. The fourth-order valence-electron chi connectivity index (χ4n) is 3.12. The molecule has 0 aliphatic carbocycles. The predicted molar refractivity (Wildman–Crippen MR) is 134 cm³/mol. The van der Waals surface area contributed by atoms with Crippen molar-refractivity contribution in [3.63, 3.8) is 0 Å². The Balaban J connectivity index is 1.56. The fraction of sp³-hybridized carbons (Fsp3) is 0.0800. The Bertz CT molecular complexity index is 1220. The molecule has 0 aliphatic heterocycles. The van der Waals surface area contributed by atoms with Crippen molar-refractivity contribution in [3.8, 4) is 22.7 Å². The number of nitrogens with zero attached hydrogens (tertiary/aromatic N) is 3. The van der Waals surface area contributed by atoms with E-state index in [4.69, 9.17) is 22.1 Å². The molecule has 2 N–H and O–H groups in total. The number of hydrazone groups is 1. The SMILES string of the molecule is COc1ccc(-c2nn(-c3ccccc3)cc2/C=N/NC(=S)Nc2ccc(C)cc2)cc1. The Hall–Kier alpha value is -3.97. The number of anilines is 1. The number of rotatable bonds is 6. The number of aromatic nitrogens is 2. The van der Waals surface area contributed by atoms with E-state index in [1.807, 2.05) is 96.7 Å². The highest BCUT2D eigenvalue weighted by Crippen LogP contribution is 2.25. The Labute approximate surface area is 192 Å². The van der Waals surface area contributed by atoms with Crippen LogP contribution >= 0.6 is 12.2 Å². The molecule has 0 saturated carbocycles. The third-order valence-electron chi connectivity index (χ3n) is 4.81. The van der Waals surface area contributed by atoms with E-state index in [2.05, 4.69) is 15.8 Å². The van der Waals surface area contributed by atoms with Crippen molar-refractivity contribution in [2.24, 2.45) is 5.10 Å². The second-order valence-corrected chi connectivity index (χ2v) is 7.54. The van der Waals surface area contributed by atoms with Crippen LogP contribution < -0.4 is 15.5 Å². The van der Waals surface area contributed by atoms with Gasteiger partial charge in [0.2, 0.25) is 0 Å². The monoisotopic (exact) mass is 441 g/mol. The van der Waals surface area contributed by atoms with Gasteiger partial charge in [-0.05, 0) is 67.7 Å². The maximum atomic E-state index is 5.35. The first-order valence-electron chi connectivity index (χ1n) is 10.1. The van der Waals surface area contributed by atoms with Crippen molar-refractivity contribution in [2.45, 2.75) is 6.92 Å². The van der Waals surface area contributed by atoms with Crippen molar-refractivity contribution < 1.29 is 4.74 Å². The van der Waals surface area contributed by atoms with Crippen molar-refractivity contribution in [3.05, 3.63) is 96.2 Å². The van der Waals surface area contributed by atoms with Gasteiger partial charge in [-0.25, -0.2) is 4.68 Å². The highest BCUT2D eigenvalue weighted by atomic mass is 32.1. The standard InChI is InChI=1S/C25H23N5OS/c1-18-8-12-21(13-9-18)27-25(32)28-26-16-20-17-30(22-6-4-3-5-7-22)29-24(20)19-10-14-23(31-2)15-11-19/h3-17H,1-2H3,(H2,27,28,32)/b26-16+. The molecule has 6 nitrogen and oxygen atoms in total. The van der Waals surface area contributed by atoms with Crippen LogP contribution in [-0.2, 0) is 0 Å². The second-order valence-electron chi connectivity index (χ2n) is 7.13. The largest absolute Gasteiger partial charge is 0.497 e. The Morgan fingerprint density at radius 3 is 2.41 bits per heavy atom. The van der Waals surface area contributed by atoms with Gasteiger partial charge < -0.3 is 10.1 Å². The van der Waals surface area contributed by atoms with Crippen LogP contribution in [0.3, 0.4) is 0 Å². The third kappa shape index (κ3) is 5.19. The van der Waals surface area contributed by atoms with Gasteiger partial charge in [0.05, 0.1) is 19.0 Å². The lowest BCUT2D eigenvalue weighted by Gasteiger charge is -2.07. The lowest BCUT2D eigenvalue weighted by Crippen LogP contribution is -2.23. The summed E-state index contributed by atoms with van der Waals surface area (Å²) in [7, 11) is 1.65. The Morgan fingerprint density at radius 2 is 1.72 bits per heavy atom. The van der Waals surface area contributed by atoms with Gasteiger partial charge in [0, 0.05) is 23.0 Å². The minimum Gasteiger partial charge on any atom is -0.497 e. The molecular weight excluding hydrogens is 418 g/mol. The van der Waals surface area contributed by atoms with E-state index in [9.17, 15) is 0 Å². The molecule has 0 unspecified atom stereocenters. The van der Waals surface area contributed by atoms with Crippen LogP contribution in [0.25, 0.3) is 16.9 Å². The van der Waals surface area contributed by atoms with E-state index in [1.165, 1.54) is 5.56 Å². The summed E-state index contributed by atoms with van der Waals surface area (Å²) in [6.07, 6.45) is 3.66. The van der Waals surface area contributed by atoms with E-state index in [1.54, 1.807) is 13.3 Å². The summed E-state index contributed by atoms with van der Waals surface area (Å²) in [5.74, 6) is 0.792. The number of aryl methyl sites for hydroxylation is 1. The zero-order valence-electron chi connectivity index (χ0n) is 17.8. The van der Waals surface area contributed by atoms with Crippen LogP contribution in [0.5, 0.6) is 5.75 Å². The van der Waals surface area contributed by atoms with Gasteiger partial charge in [0.15, 0.2) is 5.11 Å². The summed E-state index contributed by atoms with van der Waals surface area (Å²) in [6, 6.07) is 25.7. The van der Waals surface area contributed by atoms with Crippen molar-refractivity contribution in [1.82, 2.24) is 15.2 Å².